The molecule has 6 heteroatoms. The minimum absolute atomic E-state index is 0.0620. The number of rotatable bonds is 4. The lowest BCUT2D eigenvalue weighted by Crippen LogP contribution is -2.38. The Morgan fingerprint density at radius 2 is 2.00 bits per heavy atom. The Kier molecular flexibility index (Phi) is 4.97. The normalized spacial score (nSPS) is 18.7. The molecule has 1 aromatic carbocycles. The third-order valence-corrected chi connectivity index (χ3v) is 4.11. The number of ether oxygens (including phenoxy) is 1. The number of nitrogens with zero attached hydrogens (tertiary/aromatic N) is 2. The summed E-state index contributed by atoms with van der Waals surface area (Å²) in [6.45, 7) is 4.41. The quantitative estimate of drug-likeness (QED) is 0.840. The predicted octanol–water partition coefficient (Wildman–Crippen LogP) is 4.10. The Hall–Kier alpha value is -1.74. The first-order chi connectivity index (χ1) is 10.3. The molecule has 0 unspecified atom stereocenters. The van der Waals surface area contributed by atoms with Crippen LogP contribution in [0.1, 0.15) is 31.7 Å². The lowest BCUT2D eigenvalue weighted by Gasteiger charge is -2.38. The summed E-state index contributed by atoms with van der Waals surface area (Å²) in [5.41, 5.74) is 0.859. The molecule has 0 aliphatic carbocycles. The van der Waals surface area contributed by atoms with Gasteiger partial charge in [0.05, 0.1) is 6.07 Å². The molecule has 0 aromatic heterocycles. The zero-order valence-electron chi connectivity index (χ0n) is 12.5. The molecule has 1 aromatic rings. The molecule has 0 atom stereocenters. The van der Waals surface area contributed by atoms with Crippen LogP contribution in [0.15, 0.2) is 24.3 Å². The van der Waals surface area contributed by atoms with Gasteiger partial charge < -0.3 is 4.74 Å². The number of likely N-dealkylation sites (tertiary alicyclic amines) is 1. The van der Waals surface area contributed by atoms with Crippen LogP contribution in [0.5, 0.6) is 5.75 Å². The van der Waals surface area contributed by atoms with Crippen molar-refractivity contribution in [3.63, 3.8) is 0 Å². The first-order valence-electron chi connectivity index (χ1n) is 7.24. The van der Waals surface area contributed by atoms with Crippen LogP contribution < -0.4 is 4.74 Å². The summed E-state index contributed by atoms with van der Waals surface area (Å²) in [7, 11) is 0. The van der Waals surface area contributed by atoms with Crippen molar-refractivity contribution in [1.82, 2.24) is 4.90 Å². The molecule has 0 radical (unpaired) electrons. The molecule has 1 aliphatic rings. The fourth-order valence-electron chi connectivity index (χ4n) is 2.72. The summed E-state index contributed by atoms with van der Waals surface area (Å²) in [4.78, 5) is 2.20. The Balaban J connectivity index is 1.93. The molecule has 0 amide bonds. The van der Waals surface area contributed by atoms with Crippen LogP contribution in [0.25, 0.3) is 0 Å². The molecule has 3 nitrogen and oxygen atoms in total. The van der Waals surface area contributed by atoms with E-state index in [9.17, 15) is 13.2 Å². The van der Waals surface area contributed by atoms with Crippen LogP contribution in [0.3, 0.4) is 0 Å². The molecule has 120 valence electrons. The van der Waals surface area contributed by atoms with Crippen LogP contribution >= 0.6 is 0 Å². The summed E-state index contributed by atoms with van der Waals surface area (Å²) in [6, 6.07) is 8.33. The molecular formula is C16H19F3N2O. The Bertz CT molecular complexity index is 543. The summed E-state index contributed by atoms with van der Waals surface area (Å²) in [6.07, 6.45) is -2.25. The van der Waals surface area contributed by atoms with Gasteiger partial charge >= 0.3 is 6.36 Å². The second kappa shape index (κ2) is 6.57. The van der Waals surface area contributed by atoms with Crippen molar-refractivity contribution in [2.24, 2.45) is 5.41 Å². The molecule has 1 heterocycles. The molecule has 2 rings (SSSR count). The van der Waals surface area contributed by atoms with E-state index in [-0.39, 0.29) is 11.2 Å². The van der Waals surface area contributed by atoms with E-state index in [1.807, 2.05) is 0 Å². The van der Waals surface area contributed by atoms with Crippen LogP contribution in [-0.4, -0.2) is 24.4 Å². The van der Waals surface area contributed by atoms with Crippen molar-refractivity contribution in [1.29, 1.82) is 5.26 Å². The van der Waals surface area contributed by atoms with E-state index in [2.05, 4.69) is 22.6 Å². The number of halogens is 3. The minimum Gasteiger partial charge on any atom is -0.406 e. The van der Waals surface area contributed by atoms with E-state index in [0.29, 0.717) is 13.0 Å². The van der Waals surface area contributed by atoms with Crippen LogP contribution in [0.4, 0.5) is 13.2 Å². The predicted molar refractivity (Wildman–Crippen MR) is 76.0 cm³/mol. The maximum absolute atomic E-state index is 12.2. The largest absolute Gasteiger partial charge is 0.573 e. The lowest BCUT2D eigenvalue weighted by molar-refractivity contribution is -0.274. The Morgan fingerprint density at radius 3 is 2.59 bits per heavy atom. The summed E-state index contributed by atoms with van der Waals surface area (Å²) in [5.74, 6) is -0.184. The summed E-state index contributed by atoms with van der Waals surface area (Å²) in [5, 5.41) is 8.84. The smallest absolute Gasteiger partial charge is 0.406 e. The molecule has 0 saturated carbocycles. The van der Waals surface area contributed by atoms with E-state index in [1.165, 1.54) is 12.1 Å². The minimum atomic E-state index is -4.66. The van der Waals surface area contributed by atoms with E-state index in [4.69, 9.17) is 5.26 Å². The highest BCUT2D eigenvalue weighted by atomic mass is 19.4. The number of hydrogen-bond acceptors (Lipinski definition) is 3. The highest BCUT2D eigenvalue weighted by molar-refractivity contribution is 5.28. The average Bonchev–Trinajstić information content (AvgIpc) is 2.40. The van der Waals surface area contributed by atoms with E-state index in [1.54, 1.807) is 12.1 Å². The fourth-order valence-corrected chi connectivity index (χ4v) is 2.72. The first-order valence-corrected chi connectivity index (χ1v) is 7.24. The van der Waals surface area contributed by atoms with Gasteiger partial charge in [-0.05, 0) is 49.0 Å². The highest BCUT2D eigenvalue weighted by Gasteiger charge is 2.32. The number of alkyl halides is 3. The van der Waals surface area contributed by atoms with Gasteiger partial charge in [0, 0.05) is 13.0 Å². The number of nitriles is 1. The monoisotopic (exact) mass is 312 g/mol. The van der Waals surface area contributed by atoms with Crippen molar-refractivity contribution in [2.75, 3.05) is 13.1 Å². The molecular weight excluding hydrogens is 293 g/mol. The zero-order chi connectivity index (χ0) is 16.2. The zero-order valence-corrected chi connectivity index (χ0v) is 12.5. The topological polar surface area (TPSA) is 36.3 Å². The molecule has 0 bridgehead atoms. The van der Waals surface area contributed by atoms with Crippen molar-refractivity contribution in [3.05, 3.63) is 29.8 Å². The Morgan fingerprint density at radius 1 is 1.32 bits per heavy atom. The van der Waals surface area contributed by atoms with Crippen molar-refractivity contribution in [3.8, 4) is 11.8 Å². The summed E-state index contributed by atoms with van der Waals surface area (Å²) >= 11 is 0. The van der Waals surface area contributed by atoms with Gasteiger partial charge in [0.2, 0.25) is 0 Å². The van der Waals surface area contributed by atoms with Crippen LogP contribution in [0, 0.1) is 16.7 Å². The van der Waals surface area contributed by atoms with Gasteiger partial charge in [-0.2, -0.15) is 5.26 Å². The van der Waals surface area contributed by atoms with Gasteiger partial charge in [-0.15, -0.1) is 13.2 Å². The van der Waals surface area contributed by atoms with E-state index in [0.717, 1.165) is 31.5 Å². The standard InChI is InChI=1S/C16H19F3N2O/c1-15(5-8-20)6-9-21(10-7-15)12-13-3-2-4-14(11-13)22-16(17,18)19/h2-4,11H,5-7,9-10,12H2,1H3. The molecule has 22 heavy (non-hydrogen) atoms. The van der Waals surface area contributed by atoms with Gasteiger partial charge in [0.25, 0.3) is 0 Å². The van der Waals surface area contributed by atoms with Gasteiger partial charge in [-0.3, -0.25) is 4.90 Å². The third kappa shape index (κ3) is 4.92. The number of benzene rings is 1. The highest BCUT2D eigenvalue weighted by Crippen LogP contribution is 2.34. The maximum atomic E-state index is 12.2. The van der Waals surface area contributed by atoms with Gasteiger partial charge in [-0.1, -0.05) is 19.1 Å². The molecule has 1 saturated heterocycles. The Labute approximate surface area is 128 Å². The van der Waals surface area contributed by atoms with E-state index < -0.39 is 6.36 Å². The molecule has 0 spiro atoms. The van der Waals surface area contributed by atoms with Gasteiger partial charge in [0.15, 0.2) is 0 Å². The van der Waals surface area contributed by atoms with Crippen molar-refractivity contribution in [2.45, 2.75) is 39.1 Å². The molecule has 1 aliphatic heterocycles. The average molecular weight is 312 g/mol. The SMILES string of the molecule is CC1(CC#N)CCN(Cc2cccc(OC(F)(F)F)c2)CC1. The van der Waals surface area contributed by atoms with Crippen LogP contribution in [0.2, 0.25) is 0 Å². The lowest BCUT2D eigenvalue weighted by atomic mass is 9.78. The van der Waals surface area contributed by atoms with E-state index >= 15 is 0 Å². The second-order valence-corrected chi connectivity index (χ2v) is 6.12. The maximum Gasteiger partial charge on any atom is 0.573 e. The van der Waals surface area contributed by atoms with Crippen LogP contribution in [-0.2, 0) is 6.54 Å². The number of hydrogen-bond donors (Lipinski definition) is 0. The van der Waals surface area contributed by atoms with Crippen molar-refractivity contribution < 1.29 is 17.9 Å². The first kappa shape index (κ1) is 16.6. The molecule has 0 N–H and O–H groups in total. The fraction of sp³-hybridized carbons (Fsp3) is 0.562. The van der Waals surface area contributed by atoms with Crippen molar-refractivity contribution >= 4 is 0 Å². The number of piperidine rings is 1. The van der Waals surface area contributed by atoms with Gasteiger partial charge in [-0.25, -0.2) is 0 Å². The molecule has 1 fully saturated rings. The summed E-state index contributed by atoms with van der Waals surface area (Å²) < 4.78 is 40.6. The second-order valence-electron chi connectivity index (χ2n) is 6.12. The van der Waals surface area contributed by atoms with Gasteiger partial charge in [0.1, 0.15) is 5.75 Å². The third-order valence-electron chi connectivity index (χ3n) is 4.11.